The number of ether oxygens (including phenoxy) is 1. The standard InChI is InChI=1S/C15H24N4O2/c1-21-14-12-17-6-4-13(14)15(20)19-9-3-8-18(10-11-19)7-2-5-16/h4,6,12H,2-3,5,7-11,16H2,1H3. The third kappa shape index (κ3) is 4.15. The molecule has 0 radical (unpaired) electrons. The summed E-state index contributed by atoms with van der Waals surface area (Å²) in [5.74, 6) is 0.557. The van der Waals surface area contributed by atoms with Gasteiger partial charge in [0.2, 0.25) is 0 Å². The predicted octanol–water partition coefficient (Wildman–Crippen LogP) is 0.587. The van der Waals surface area contributed by atoms with Crippen molar-refractivity contribution < 1.29 is 9.53 Å². The molecule has 21 heavy (non-hydrogen) atoms. The first-order chi connectivity index (χ1) is 10.3. The van der Waals surface area contributed by atoms with Crippen molar-refractivity contribution in [2.75, 3.05) is 46.4 Å². The molecule has 116 valence electrons. The Bertz CT molecular complexity index is 467. The average Bonchev–Trinajstić information content (AvgIpc) is 2.77. The van der Waals surface area contributed by atoms with E-state index in [9.17, 15) is 4.79 Å². The highest BCUT2D eigenvalue weighted by atomic mass is 16.5. The summed E-state index contributed by atoms with van der Waals surface area (Å²) in [4.78, 5) is 20.9. The number of methoxy groups -OCH3 is 1. The van der Waals surface area contributed by atoms with E-state index in [1.54, 1.807) is 25.6 Å². The van der Waals surface area contributed by atoms with Crippen molar-refractivity contribution in [1.82, 2.24) is 14.8 Å². The first-order valence-electron chi connectivity index (χ1n) is 7.46. The second-order valence-corrected chi connectivity index (χ2v) is 5.21. The molecule has 1 fully saturated rings. The van der Waals surface area contributed by atoms with Gasteiger partial charge in [-0.25, -0.2) is 0 Å². The molecule has 6 heteroatoms. The van der Waals surface area contributed by atoms with Crippen LogP contribution in [0.3, 0.4) is 0 Å². The van der Waals surface area contributed by atoms with E-state index in [2.05, 4.69) is 9.88 Å². The molecule has 0 aliphatic carbocycles. The normalized spacial score (nSPS) is 16.6. The number of hydrogen-bond donors (Lipinski definition) is 1. The number of hydrogen-bond acceptors (Lipinski definition) is 5. The minimum atomic E-state index is 0.0231. The fourth-order valence-corrected chi connectivity index (χ4v) is 2.60. The Kier molecular flexibility index (Phi) is 5.95. The highest BCUT2D eigenvalue weighted by molar-refractivity contribution is 5.96. The molecule has 0 atom stereocenters. The zero-order valence-electron chi connectivity index (χ0n) is 12.6. The van der Waals surface area contributed by atoms with Crippen LogP contribution in [0, 0.1) is 0 Å². The van der Waals surface area contributed by atoms with Crippen molar-refractivity contribution in [3.05, 3.63) is 24.0 Å². The van der Waals surface area contributed by atoms with Crippen molar-refractivity contribution in [2.45, 2.75) is 12.8 Å². The SMILES string of the molecule is COc1cnccc1C(=O)N1CCCN(CCCN)CC1. The molecule has 1 aromatic rings. The summed E-state index contributed by atoms with van der Waals surface area (Å²) in [6.45, 7) is 5.18. The van der Waals surface area contributed by atoms with Crippen LogP contribution in [-0.4, -0.2) is 67.1 Å². The van der Waals surface area contributed by atoms with E-state index in [-0.39, 0.29) is 5.91 Å². The third-order valence-electron chi connectivity index (χ3n) is 3.79. The summed E-state index contributed by atoms with van der Waals surface area (Å²) in [6, 6.07) is 1.72. The summed E-state index contributed by atoms with van der Waals surface area (Å²) in [5, 5.41) is 0. The number of nitrogens with zero attached hydrogens (tertiary/aromatic N) is 3. The minimum absolute atomic E-state index is 0.0231. The van der Waals surface area contributed by atoms with Gasteiger partial charge in [0.1, 0.15) is 5.75 Å². The third-order valence-corrected chi connectivity index (χ3v) is 3.79. The topological polar surface area (TPSA) is 71.7 Å². The Balaban J connectivity index is 2.00. The lowest BCUT2D eigenvalue weighted by Crippen LogP contribution is -2.35. The lowest BCUT2D eigenvalue weighted by molar-refractivity contribution is 0.0758. The van der Waals surface area contributed by atoms with Crippen LogP contribution >= 0.6 is 0 Å². The average molecular weight is 292 g/mol. The highest BCUT2D eigenvalue weighted by Gasteiger charge is 2.22. The summed E-state index contributed by atoms with van der Waals surface area (Å²) in [7, 11) is 1.56. The van der Waals surface area contributed by atoms with Gasteiger partial charge in [0.25, 0.3) is 5.91 Å². The van der Waals surface area contributed by atoms with Crippen LogP contribution in [0.4, 0.5) is 0 Å². The molecule has 0 unspecified atom stereocenters. The Labute approximate surface area is 125 Å². The molecule has 2 rings (SSSR count). The molecule has 1 aliphatic heterocycles. The van der Waals surface area contributed by atoms with Gasteiger partial charge in [-0.3, -0.25) is 9.78 Å². The van der Waals surface area contributed by atoms with Crippen LogP contribution in [0.5, 0.6) is 5.75 Å². The Hall–Kier alpha value is -1.66. The van der Waals surface area contributed by atoms with E-state index < -0.39 is 0 Å². The van der Waals surface area contributed by atoms with Crippen LogP contribution in [-0.2, 0) is 0 Å². The number of rotatable bonds is 5. The number of amides is 1. The van der Waals surface area contributed by atoms with Crippen molar-refractivity contribution in [2.24, 2.45) is 5.73 Å². The van der Waals surface area contributed by atoms with Crippen molar-refractivity contribution in [1.29, 1.82) is 0 Å². The van der Waals surface area contributed by atoms with Gasteiger partial charge in [-0.1, -0.05) is 0 Å². The first-order valence-corrected chi connectivity index (χ1v) is 7.46. The highest BCUT2D eigenvalue weighted by Crippen LogP contribution is 2.19. The Morgan fingerprint density at radius 3 is 3.00 bits per heavy atom. The van der Waals surface area contributed by atoms with Gasteiger partial charge in [0.15, 0.2) is 0 Å². The fourth-order valence-electron chi connectivity index (χ4n) is 2.60. The lowest BCUT2D eigenvalue weighted by atomic mass is 10.2. The zero-order chi connectivity index (χ0) is 15.1. The molecule has 2 heterocycles. The van der Waals surface area contributed by atoms with Crippen molar-refractivity contribution >= 4 is 5.91 Å². The van der Waals surface area contributed by atoms with E-state index in [1.807, 2.05) is 4.90 Å². The summed E-state index contributed by atoms with van der Waals surface area (Å²) < 4.78 is 5.23. The van der Waals surface area contributed by atoms with Gasteiger partial charge < -0.3 is 20.3 Å². The molecule has 6 nitrogen and oxygen atoms in total. The van der Waals surface area contributed by atoms with Crippen LogP contribution in [0.25, 0.3) is 0 Å². The van der Waals surface area contributed by atoms with E-state index in [0.717, 1.165) is 45.6 Å². The molecule has 0 aromatic carbocycles. The molecule has 1 amide bonds. The predicted molar refractivity (Wildman–Crippen MR) is 81.4 cm³/mol. The zero-order valence-corrected chi connectivity index (χ0v) is 12.6. The van der Waals surface area contributed by atoms with Gasteiger partial charge in [-0.2, -0.15) is 0 Å². The number of carbonyl (C=O) groups excluding carboxylic acids is 1. The maximum Gasteiger partial charge on any atom is 0.257 e. The van der Waals surface area contributed by atoms with E-state index in [1.165, 1.54) is 0 Å². The lowest BCUT2D eigenvalue weighted by Gasteiger charge is -2.22. The number of aromatic nitrogens is 1. The van der Waals surface area contributed by atoms with Crippen LogP contribution < -0.4 is 10.5 Å². The summed E-state index contributed by atoms with van der Waals surface area (Å²) in [6.07, 6.45) is 5.20. The molecule has 2 N–H and O–H groups in total. The largest absolute Gasteiger partial charge is 0.494 e. The van der Waals surface area contributed by atoms with Gasteiger partial charge >= 0.3 is 0 Å². The van der Waals surface area contributed by atoms with Gasteiger partial charge in [-0.05, 0) is 38.5 Å². The van der Waals surface area contributed by atoms with Crippen molar-refractivity contribution in [3.63, 3.8) is 0 Å². The summed E-state index contributed by atoms with van der Waals surface area (Å²) >= 11 is 0. The number of carbonyl (C=O) groups is 1. The Morgan fingerprint density at radius 1 is 1.38 bits per heavy atom. The van der Waals surface area contributed by atoms with Gasteiger partial charge in [0.05, 0.1) is 18.9 Å². The fraction of sp³-hybridized carbons (Fsp3) is 0.600. The molecule has 1 aromatic heterocycles. The molecule has 0 bridgehead atoms. The second-order valence-electron chi connectivity index (χ2n) is 5.21. The van der Waals surface area contributed by atoms with Crippen LogP contribution in [0.2, 0.25) is 0 Å². The van der Waals surface area contributed by atoms with E-state index >= 15 is 0 Å². The van der Waals surface area contributed by atoms with Crippen LogP contribution in [0.15, 0.2) is 18.5 Å². The molecule has 0 spiro atoms. The number of nitrogens with two attached hydrogens (primary N) is 1. The molecule has 1 aliphatic rings. The Morgan fingerprint density at radius 2 is 2.24 bits per heavy atom. The minimum Gasteiger partial charge on any atom is -0.494 e. The monoisotopic (exact) mass is 292 g/mol. The maximum atomic E-state index is 12.6. The molecular weight excluding hydrogens is 268 g/mol. The van der Waals surface area contributed by atoms with Gasteiger partial charge in [0, 0.05) is 25.8 Å². The van der Waals surface area contributed by atoms with Crippen molar-refractivity contribution in [3.8, 4) is 5.75 Å². The molecular formula is C15H24N4O2. The smallest absolute Gasteiger partial charge is 0.257 e. The van der Waals surface area contributed by atoms with Crippen LogP contribution in [0.1, 0.15) is 23.2 Å². The maximum absolute atomic E-state index is 12.6. The van der Waals surface area contributed by atoms with E-state index in [0.29, 0.717) is 17.9 Å². The van der Waals surface area contributed by atoms with E-state index in [4.69, 9.17) is 10.5 Å². The first kappa shape index (κ1) is 15.7. The summed E-state index contributed by atoms with van der Waals surface area (Å²) in [5.41, 5.74) is 6.14. The molecule has 1 saturated heterocycles. The number of pyridine rings is 1. The van der Waals surface area contributed by atoms with Gasteiger partial charge in [-0.15, -0.1) is 0 Å². The quantitative estimate of drug-likeness (QED) is 0.860. The molecule has 0 saturated carbocycles. The second kappa shape index (κ2) is 7.95.